The Balaban J connectivity index is 0.000000137. The lowest BCUT2D eigenvalue weighted by Crippen LogP contribution is -2.17. The normalized spacial score (nSPS) is 17.7. The van der Waals surface area contributed by atoms with Gasteiger partial charge in [0.2, 0.25) is 0 Å². The van der Waals surface area contributed by atoms with Crippen molar-refractivity contribution >= 4 is 60.7 Å². The highest BCUT2D eigenvalue weighted by Crippen LogP contribution is 2.38. The number of rotatable bonds is 4. The first-order valence-corrected chi connectivity index (χ1v) is 16.0. The molecular weight excluding hydrogens is 604 g/mol. The van der Waals surface area contributed by atoms with Crippen LogP contribution in [0.1, 0.15) is 60.3 Å². The largest absolute Gasteiger partial charge is 0.377 e. The molecule has 4 aromatic carbocycles. The first-order valence-electron chi connectivity index (χ1n) is 14.9. The SMILES string of the molecule is Brc1ccc2[nH]c3c(c2c1)CCCC3Nc1ccccc1.Clc1ccc2[nH]c3c(c2c1)CCCC3Nc1ccccc1. The molecule has 2 aliphatic carbocycles. The lowest BCUT2D eigenvalue weighted by atomic mass is 9.91. The maximum Gasteiger partial charge on any atom is 0.0666 e. The third-order valence-corrected chi connectivity index (χ3v) is 9.30. The Labute approximate surface area is 260 Å². The Hall–Kier alpha value is -3.67. The number of fused-ring (bicyclic) bond motifs is 6. The number of halogens is 2. The van der Waals surface area contributed by atoms with E-state index in [1.807, 2.05) is 12.1 Å². The molecule has 42 heavy (non-hydrogen) atoms. The fourth-order valence-corrected chi connectivity index (χ4v) is 7.16. The molecule has 0 bridgehead atoms. The van der Waals surface area contributed by atoms with Crippen molar-refractivity contribution in [2.45, 2.75) is 50.6 Å². The first kappa shape index (κ1) is 27.2. The van der Waals surface area contributed by atoms with Gasteiger partial charge in [0.1, 0.15) is 0 Å². The standard InChI is InChI=1S/C18H17BrN2.C18H17ClN2/c2*19-12-9-10-16-15(11-12)14-7-4-8-17(18(14)21-16)20-13-5-2-1-3-6-13/h2*1-3,5-6,9-11,17,20-21H,4,7-8H2. The number of para-hydroxylation sites is 2. The van der Waals surface area contributed by atoms with Gasteiger partial charge in [-0.15, -0.1) is 0 Å². The molecule has 0 saturated carbocycles. The number of hydrogen-bond donors (Lipinski definition) is 4. The van der Waals surface area contributed by atoms with Gasteiger partial charge >= 0.3 is 0 Å². The second-order valence-corrected chi connectivity index (χ2v) is 12.7. The second-order valence-electron chi connectivity index (χ2n) is 11.3. The highest BCUT2D eigenvalue weighted by atomic mass is 79.9. The average molecular weight is 638 g/mol. The Morgan fingerprint density at radius 2 is 1.12 bits per heavy atom. The number of benzene rings is 4. The lowest BCUT2D eigenvalue weighted by Gasteiger charge is -2.24. The summed E-state index contributed by atoms with van der Waals surface area (Å²) in [5.74, 6) is 0. The van der Waals surface area contributed by atoms with Crippen LogP contribution in [0.3, 0.4) is 0 Å². The van der Waals surface area contributed by atoms with Crippen LogP contribution in [0, 0.1) is 0 Å². The van der Waals surface area contributed by atoms with Crippen LogP contribution in [0.25, 0.3) is 21.8 Å². The highest BCUT2D eigenvalue weighted by molar-refractivity contribution is 9.10. The van der Waals surface area contributed by atoms with E-state index in [9.17, 15) is 0 Å². The van der Waals surface area contributed by atoms with Crippen LogP contribution in [0.2, 0.25) is 5.02 Å². The summed E-state index contributed by atoms with van der Waals surface area (Å²) >= 11 is 9.74. The van der Waals surface area contributed by atoms with Crippen molar-refractivity contribution in [2.75, 3.05) is 10.6 Å². The van der Waals surface area contributed by atoms with Crippen LogP contribution in [0.15, 0.2) is 102 Å². The van der Waals surface area contributed by atoms with E-state index >= 15 is 0 Å². The molecule has 2 unspecified atom stereocenters. The summed E-state index contributed by atoms with van der Waals surface area (Å²) in [4.78, 5) is 7.22. The van der Waals surface area contributed by atoms with E-state index in [2.05, 4.69) is 121 Å². The summed E-state index contributed by atoms with van der Waals surface area (Å²) in [6.45, 7) is 0. The summed E-state index contributed by atoms with van der Waals surface area (Å²) in [6, 6.07) is 34.2. The van der Waals surface area contributed by atoms with Crippen molar-refractivity contribution in [1.82, 2.24) is 9.97 Å². The predicted octanol–water partition coefficient (Wildman–Crippen LogP) is 10.7. The van der Waals surface area contributed by atoms with Gasteiger partial charge in [0.05, 0.1) is 12.1 Å². The topological polar surface area (TPSA) is 55.6 Å². The third-order valence-electron chi connectivity index (χ3n) is 8.57. The van der Waals surface area contributed by atoms with E-state index in [-0.39, 0.29) is 0 Å². The Morgan fingerprint density at radius 1 is 0.619 bits per heavy atom. The molecule has 2 aromatic heterocycles. The number of hydrogen-bond acceptors (Lipinski definition) is 2. The summed E-state index contributed by atoms with van der Waals surface area (Å²) < 4.78 is 1.15. The minimum absolute atomic E-state index is 0.349. The van der Waals surface area contributed by atoms with Crippen LogP contribution in [0.5, 0.6) is 0 Å². The van der Waals surface area contributed by atoms with Crippen LogP contribution >= 0.6 is 27.5 Å². The van der Waals surface area contributed by atoms with Crippen molar-refractivity contribution in [2.24, 2.45) is 0 Å². The zero-order chi connectivity index (χ0) is 28.5. The molecule has 4 nitrogen and oxygen atoms in total. The van der Waals surface area contributed by atoms with Crippen molar-refractivity contribution in [3.63, 3.8) is 0 Å². The van der Waals surface area contributed by atoms with E-state index in [0.29, 0.717) is 12.1 Å². The molecule has 0 spiro atoms. The van der Waals surface area contributed by atoms with Gasteiger partial charge in [0.15, 0.2) is 0 Å². The number of aromatic nitrogens is 2. The fourth-order valence-electron chi connectivity index (χ4n) is 6.63. The zero-order valence-electron chi connectivity index (χ0n) is 23.4. The molecule has 0 saturated heterocycles. The molecule has 2 atom stereocenters. The highest BCUT2D eigenvalue weighted by Gasteiger charge is 2.25. The Kier molecular flexibility index (Phi) is 7.70. The monoisotopic (exact) mass is 636 g/mol. The van der Waals surface area contributed by atoms with Crippen molar-refractivity contribution in [3.05, 3.63) is 129 Å². The molecule has 6 heteroatoms. The van der Waals surface area contributed by atoms with Crippen molar-refractivity contribution < 1.29 is 0 Å². The van der Waals surface area contributed by atoms with Gasteiger partial charge in [0.25, 0.3) is 0 Å². The Morgan fingerprint density at radius 3 is 1.67 bits per heavy atom. The molecule has 4 N–H and O–H groups in total. The zero-order valence-corrected chi connectivity index (χ0v) is 25.7. The van der Waals surface area contributed by atoms with Gasteiger partial charge in [-0.25, -0.2) is 0 Å². The molecule has 6 aromatic rings. The van der Waals surface area contributed by atoms with Gasteiger partial charge < -0.3 is 20.6 Å². The van der Waals surface area contributed by atoms with Crippen LogP contribution in [0.4, 0.5) is 11.4 Å². The minimum Gasteiger partial charge on any atom is -0.377 e. The van der Waals surface area contributed by atoms with Gasteiger partial charge in [-0.2, -0.15) is 0 Å². The summed E-state index contributed by atoms with van der Waals surface area (Å²) in [5.41, 5.74) is 10.4. The van der Waals surface area contributed by atoms with Crippen LogP contribution < -0.4 is 10.6 Å². The van der Waals surface area contributed by atoms with E-state index < -0.39 is 0 Å². The van der Waals surface area contributed by atoms with E-state index in [4.69, 9.17) is 11.6 Å². The minimum atomic E-state index is 0.349. The summed E-state index contributed by atoms with van der Waals surface area (Å²) in [6.07, 6.45) is 7.06. The summed E-state index contributed by atoms with van der Waals surface area (Å²) in [7, 11) is 0. The summed E-state index contributed by atoms with van der Waals surface area (Å²) in [5, 5.41) is 10.8. The third kappa shape index (κ3) is 5.56. The average Bonchev–Trinajstić information content (AvgIpc) is 3.58. The molecule has 0 fully saturated rings. The van der Waals surface area contributed by atoms with Crippen LogP contribution in [-0.2, 0) is 12.8 Å². The number of H-pyrrole nitrogens is 2. The van der Waals surface area contributed by atoms with Crippen LogP contribution in [-0.4, -0.2) is 9.97 Å². The number of anilines is 2. The fraction of sp³-hybridized carbons (Fsp3) is 0.222. The number of nitrogens with one attached hydrogen (secondary N) is 4. The van der Waals surface area contributed by atoms with E-state index in [1.165, 1.54) is 81.4 Å². The lowest BCUT2D eigenvalue weighted by molar-refractivity contribution is 0.593. The number of aryl methyl sites for hydroxylation is 2. The van der Waals surface area contributed by atoms with Gasteiger partial charge in [-0.05, 0) is 110 Å². The molecule has 0 amide bonds. The molecular formula is C36H34BrClN4. The molecule has 212 valence electrons. The molecule has 2 heterocycles. The van der Waals surface area contributed by atoms with Gasteiger partial charge in [0, 0.05) is 54.1 Å². The van der Waals surface area contributed by atoms with Crippen molar-refractivity contribution in [1.29, 1.82) is 0 Å². The maximum atomic E-state index is 6.15. The first-order chi connectivity index (χ1) is 20.6. The Bertz CT molecular complexity index is 1690. The molecule has 8 rings (SSSR count). The smallest absolute Gasteiger partial charge is 0.0666 e. The van der Waals surface area contributed by atoms with Gasteiger partial charge in [-0.3, -0.25) is 0 Å². The van der Waals surface area contributed by atoms with E-state index in [0.717, 1.165) is 22.3 Å². The molecule has 2 aliphatic rings. The van der Waals surface area contributed by atoms with E-state index in [1.54, 1.807) is 0 Å². The molecule has 0 aliphatic heterocycles. The predicted molar refractivity (Wildman–Crippen MR) is 181 cm³/mol. The van der Waals surface area contributed by atoms with Gasteiger partial charge in [-0.1, -0.05) is 63.9 Å². The molecule has 0 radical (unpaired) electrons. The second kappa shape index (κ2) is 11.9. The maximum absolute atomic E-state index is 6.15. The van der Waals surface area contributed by atoms with Crippen molar-refractivity contribution in [3.8, 4) is 0 Å². The number of aromatic amines is 2. The quantitative estimate of drug-likeness (QED) is 0.155.